The summed E-state index contributed by atoms with van der Waals surface area (Å²) in [7, 11) is 0. The van der Waals surface area contributed by atoms with Crippen LogP contribution in [0.2, 0.25) is 0 Å². The van der Waals surface area contributed by atoms with Crippen LogP contribution in [0.15, 0.2) is 67.1 Å². The molecule has 0 spiro atoms. The molecule has 32 heavy (non-hydrogen) atoms. The fraction of sp³-hybridized carbons (Fsp3) is 0.240. The monoisotopic (exact) mass is 429 g/mol. The third-order valence-electron chi connectivity index (χ3n) is 5.78. The van der Waals surface area contributed by atoms with Gasteiger partial charge >= 0.3 is 5.97 Å². The molecule has 0 radical (unpaired) electrons. The number of rotatable bonds is 7. The van der Waals surface area contributed by atoms with Gasteiger partial charge in [-0.05, 0) is 48.2 Å². The van der Waals surface area contributed by atoms with Crippen molar-refractivity contribution in [3.05, 3.63) is 78.4 Å². The van der Waals surface area contributed by atoms with E-state index >= 15 is 0 Å². The molecular weight excluding hydrogens is 406 g/mol. The Hall–Kier alpha value is -3.87. The SMILES string of the molecule is O=C(Cc1cccnc1)Nc1ccc(-c2ccc(C(=O)C3CCCC3C(=O)O)nc2)cc1. The quantitative estimate of drug-likeness (QED) is 0.549. The number of Topliss-reactive ketones (excluding diaryl/α,β-unsaturated/α-hetero) is 1. The molecule has 7 heteroatoms. The smallest absolute Gasteiger partial charge is 0.307 e. The predicted octanol–water partition coefficient (Wildman–Crippen LogP) is 4.01. The number of aliphatic carboxylic acids is 1. The Labute approximate surface area is 185 Å². The molecule has 3 aromatic rings. The van der Waals surface area contributed by atoms with Crippen molar-refractivity contribution in [2.45, 2.75) is 25.7 Å². The maximum atomic E-state index is 12.7. The summed E-state index contributed by atoms with van der Waals surface area (Å²) in [6.45, 7) is 0. The van der Waals surface area contributed by atoms with Gasteiger partial charge in [0.15, 0.2) is 5.78 Å². The summed E-state index contributed by atoms with van der Waals surface area (Å²) < 4.78 is 0. The first kappa shape index (κ1) is 21.4. The maximum Gasteiger partial charge on any atom is 0.307 e. The zero-order valence-corrected chi connectivity index (χ0v) is 17.4. The number of nitrogens with zero attached hydrogens (tertiary/aromatic N) is 2. The van der Waals surface area contributed by atoms with Gasteiger partial charge in [0.2, 0.25) is 5.91 Å². The number of ketones is 1. The van der Waals surface area contributed by atoms with Crippen molar-refractivity contribution >= 4 is 23.3 Å². The van der Waals surface area contributed by atoms with E-state index < -0.39 is 17.8 Å². The van der Waals surface area contributed by atoms with Crippen LogP contribution in [0.25, 0.3) is 11.1 Å². The number of aromatic nitrogens is 2. The second kappa shape index (κ2) is 9.51. The summed E-state index contributed by atoms with van der Waals surface area (Å²) in [6.07, 6.45) is 7.07. The molecule has 1 aromatic carbocycles. The summed E-state index contributed by atoms with van der Waals surface area (Å²) in [6, 6.07) is 14.5. The molecule has 2 N–H and O–H groups in total. The third kappa shape index (κ3) is 4.88. The van der Waals surface area contributed by atoms with Crippen LogP contribution in [0.4, 0.5) is 5.69 Å². The summed E-state index contributed by atoms with van der Waals surface area (Å²) in [5.41, 5.74) is 3.55. The number of benzene rings is 1. The van der Waals surface area contributed by atoms with Gasteiger partial charge in [0.05, 0.1) is 12.3 Å². The van der Waals surface area contributed by atoms with Gasteiger partial charge in [0.1, 0.15) is 5.69 Å². The van der Waals surface area contributed by atoms with Crippen LogP contribution in [-0.2, 0) is 16.0 Å². The molecule has 7 nitrogen and oxygen atoms in total. The fourth-order valence-electron chi connectivity index (χ4n) is 4.11. The molecule has 1 aliphatic carbocycles. The molecule has 1 amide bonds. The largest absolute Gasteiger partial charge is 0.481 e. The van der Waals surface area contributed by atoms with E-state index in [0.717, 1.165) is 23.1 Å². The van der Waals surface area contributed by atoms with E-state index in [1.54, 1.807) is 36.8 Å². The van der Waals surface area contributed by atoms with Crippen molar-refractivity contribution in [3.8, 4) is 11.1 Å². The number of amides is 1. The standard InChI is InChI=1S/C25H23N3O4/c29-23(13-16-3-2-12-26-14-16)28-19-9-6-17(7-10-19)18-8-11-22(27-15-18)24(30)20-4-1-5-21(20)25(31)32/h2-3,6-12,14-15,20-21H,1,4-5,13H2,(H,28,29)(H,31,32). The van der Waals surface area contributed by atoms with Crippen LogP contribution in [-0.4, -0.2) is 32.7 Å². The summed E-state index contributed by atoms with van der Waals surface area (Å²) in [4.78, 5) is 44.6. The lowest BCUT2D eigenvalue weighted by Gasteiger charge is -2.14. The zero-order valence-electron chi connectivity index (χ0n) is 17.4. The van der Waals surface area contributed by atoms with Crippen molar-refractivity contribution < 1.29 is 19.5 Å². The summed E-state index contributed by atoms with van der Waals surface area (Å²) in [5.74, 6) is -2.36. The van der Waals surface area contributed by atoms with Gasteiger partial charge in [0, 0.05) is 35.8 Å². The van der Waals surface area contributed by atoms with Crippen molar-refractivity contribution in [1.82, 2.24) is 9.97 Å². The van der Waals surface area contributed by atoms with E-state index in [4.69, 9.17) is 0 Å². The highest BCUT2D eigenvalue weighted by Crippen LogP contribution is 2.34. The molecule has 1 aliphatic rings. The molecule has 1 saturated carbocycles. The van der Waals surface area contributed by atoms with Crippen LogP contribution < -0.4 is 5.32 Å². The van der Waals surface area contributed by atoms with Gasteiger partial charge in [-0.25, -0.2) is 0 Å². The lowest BCUT2D eigenvalue weighted by molar-refractivity contribution is -0.142. The Morgan fingerprint density at radius 2 is 1.69 bits per heavy atom. The minimum absolute atomic E-state index is 0.123. The maximum absolute atomic E-state index is 12.7. The Bertz CT molecular complexity index is 1110. The van der Waals surface area contributed by atoms with Gasteiger partial charge in [-0.1, -0.05) is 30.7 Å². The Morgan fingerprint density at radius 1 is 0.938 bits per heavy atom. The number of carboxylic acid groups (broad SMARTS) is 1. The first-order valence-electron chi connectivity index (χ1n) is 10.5. The second-order valence-corrected chi connectivity index (χ2v) is 7.94. The first-order chi connectivity index (χ1) is 15.5. The van der Waals surface area contributed by atoms with Crippen LogP contribution in [0.1, 0.15) is 35.3 Å². The minimum Gasteiger partial charge on any atom is -0.481 e. The Kier molecular flexibility index (Phi) is 6.35. The number of nitrogens with one attached hydrogen (secondary N) is 1. The minimum atomic E-state index is -0.912. The number of carbonyl (C=O) groups is 3. The molecule has 1 fully saturated rings. The third-order valence-corrected chi connectivity index (χ3v) is 5.78. The van der Waals surface area contributed by atoms with Crippen LogP contribution in [0.3, 0.4) is 0 Å². The second-order valence-electron chi connectivity index (χ2n) is 7.94. The van der Waals surface area contributed by atoms with E-state index in [9.17, 15) is 19.5 Å². The number of pyridine rings is 2. The number of hydrogen-bond acceptors (Lipinski definition) is 5. The van der Waals surface area contributed by atoms with Crippen LogP contribution in [0.5, 0.6) is 0 Å². The number of anilines is 1. The van der Waals surface area contributed by atoms with Gasteiger partial charge in [-0.3, -0.25) is 24.4 Å². The van der Waals surface area contributed by atoms with Gasteiger partial charge in [0.25, 0.3) is 0 Å². The molecule has 0 bridgehead atoms. The first-order valence-corrected chi connectivity index (χ1v) is 10.5. The molecule has 162 valence electrons. The molecule has 4 rings (SSSR count). The van der Waals surface area contributed by atoms with E-state index in [2.05, 4.69) is 15.3 Å². The van der Waals surface area contributed by atoms with Gasteiger partial charge in [-0.15, -0.1) is 0 Å². The van der Waals surface area contributed by atoms with E-state index in [1.165, 1.54) is 0 Å². The number of hydrogen-bond donors (Lipinski definition) is 2. The lowest BCUT2D eigenvalue weighted by Crippen LogP contribution is -2.25. The molecule has 2 unspecified atom stereocenters. The summed E-state index contributed by atoms with van der Waals surface area (Å²) >= 11 is 0. The van der Waals surface area contributed by atoms with E-state index in [0.29, 0.717) is 24.2 Å². The topological polar surface area (TPSA) is 109 Å². The average molecular weight is 429 g/mol. The highest BCUT2D eigenvalue weighted by atomic mass is 16.4. The van der Waals surface area contributed by atoms with E-state index in [1.807, 2.05) is 30.3 Å². The van der Waals surface area contributed by atoms with Crippen molar-refractivity contribution in [3.63, 3.8) is 0 Å². The van der Waals surface area contributed by atoms with Gasteiger partial charge in [-0.2, -0.15) is 0 Å². The lowest BCUT2D eigenvalue weighted by atomic mass is 9.90. The Morgan fingerprint density at radius 3 is 2.34 bits per heavy atom. The van der Waals surface area contributed by atoms with Crippen molar-refractivity contribution in [2.24, 2.45) is 11.8 Å². The number of carbonyl (C=O) groups excluding carboxylic acids is 2. The van der Waals surface area contributed by atoms with Crippen LogP contribution in [0, 0.1) is 11.8 Å². The van der Waals surface area contributed by atoms with Gasteiger partial charge < -0.3 is 10.4 Å². The van der Waals surface area contributed by atoms with Crippen molar-refractivity contribution in [2.75, 3.05) is 5.32 Å². The molecule has 0 aliphatic heterocycles. The highest BCUT2D eigenvalue weighted by Gasteiger charge is 2.38. The van der Waals surface area contributed by atoms with E-state index in [-0.39, 0.29) is 18.1 Å². The Balaban J connectivity index is 1.39. The molecule has 2 aromatic heterocycles. The number of carboxylic acids is 1. The molecule has 2 atom stereocenters. The molecular formula is C25H23N3O4. The van der Waals surface area contributed by atoms with Crippen LogP contribution >= 0.6 is 0 Å². The van der Waals surface area contributed by atoms with Crippen molar-refractivity contribution in [1.29, 1.82) is 0 Å². The average Bonchev–Trinajstić information content (AvgIpc) is 3.30. The highest BCUT2D eigenvalue weighted by molar-refractivity contribution is 5.99. The predicted molar refractivity (Wildman–Crippen MR) is 119 cm³/mol. The molecule has 2 heterocycles. The normalized spacial score (nSPS) is 17.6. The summed E-state index contributed by atoms with van der Waals surface area (Å²) in [5, 5.41) is 12.2. The zero-order chi connectivity index (χ0) is 22.5. The molecule has 0 saturated heterocycles. The fourth-order valence-corrected chi connectivity index (χ4v) is 4.11.